The van der Waals surface area contributed by atoms with E-state index in [9.17, 15) is 0 Å². The Morgan fingerprint density at radius 1 is 1.45 bits per heavy atom. The molecule has 3 rings (SSSR count). The highest BCUT2D eigenvalue weighted by molar-refractivity contribution is 5.04. The minimum Gasteiger partial charge on any atom is -0.340 e. The van der Waals surface area contributed by atoms with Gasteiger partial charge in [-0.2, -0.15) is 10.1 Å². The van der Waals surface area contributed by atoms with Crippen molar-refractivity contribution in [3.8, 4) is 0 Å². The zero-order valence-corrected chi connectivity index (χ0v) is 13.6. The molecule has 7 heteroatoms. The monoisotopic (exact) mass is 304 g/mol. The van der Waals surface area contributed by atoms with Crippen molar-refractivity contribution in [2.75, 3.05) is 26.7 Å². The molecule has 7 nitrogen and oxygen atoms in total. The Balaban J connectivity index is 1.45. The van der Waals surface area contributed by atoms with Crippen molar-refractivity contribution in [2.45, 2.75) is 32.4 Å². The second kappa shape index (κ2) is 6.58. The normalized spacial score (nSPS) is 19.4. The van der Waals surface area contributed by atoms with E-state index < -0.39 is 0 Å². The third-order valence-corrected chi connectivity index (χ3v) is 4.31. The van der Waals surface area contributed by atoms with Crippen LogP contribution in [0, 0.1) is 6.92 Å². The number of aromatic nitrogens is 4. The van der Waals surface area contributed by atoms with Crippen molar-refractivity contribution in [1.29, 1.82) is 0 Å². The molecule has 3 heterocycles. The molecule has 0 radical (unpaired) electrons. The van der Waals surface area contributed by atoms with Gasteiger partial charge in [0.1, 0.15) is 0 Å². The zero-order valence-electron chi connectivity index (χ0n) is 13.6. The molecule has 0 unspecified atom stereocenters. The van der Waals surface area contributed by atoms with Gasteiger partial charge in [-0.3, -0.25) is 9.58 Å². The molecule has 0 N–H and O–H groups in total. The summed E-state index contributed by atoms with van der Waals surface area (Å²) in [6, 6.07) is 0.563. The summed E-state index contributed by atoms with van der Waals surface area (Å²) >= 11 is 0. The van der Waals surface area contributed by atoms with Crippen molar-refractivity contribution >= 4 is 0 Å². The van der Waals surface area contributed by atoms with E-state index in [4.69, 9.17) is 4.52 Å². The van der Waals surface area contributed by atoms with E-state index in [1.165, 1.54) is 12.0 Å². The highest BCUT2D eigenvalue weighted by Crippen LogP contribution is 2.16. The lowest BCUT2D eigenvalue weighted by Crippen LogP contribution is -2.34. The van der Waals surface area contributed by atoms with Gasteiger partial charge in [-0.25, -0.2) is 0 Å². The van der Waals surface area contributed by atoms with Gasteiger partial charge in [0.15, 0.2) is 5.82 Å². The maximum absolute atomic E-state index is 5.03. The Bertz CT molecular complexity index is 607. The van der Waals surface area contributed by atoms with Crippen LogP contribution in [-0.2, 0) is 20.0 Å². The van der Waals surface area contributed by atoms with Crippen LogP contribution in [-0.4, -0.2) is 62.4 Å². The van der Waals surface area contributed by atoms with Gasteiger partial charge in [0.05, 0.1) is 12.7 Å². The molecule has 1 fully saturated rings. The smallest absolute Gasteiger partial charge is 0.223 e. The van der Waals surface area contributed by atoms with Crippen LogP contribution in [0.1, 0.15) is 23.7 Å². The number of hydrogen-bond donors (Lipinski definition) is 0. The largest absolute Gasteiger partial charge is 0.340 e. The minimum atomic E-state index is 0.563. The standard InChI is InChI=1S/C15H24N6O/c1-12-17-15(18-22-12)11-19(2)14-5-7-21(10-14)6-4-13-8-16-20(3)9-13/h8-9,14H,4-7,10-11H2,1-3H3/t14-/m0/s1. The van der Waals surface area contributed by atoms with Gasteiger partial charge in [0, 0.05) is 39.3 Å². The summed E-state index contributed by atoms with van der Waals surface area (Å²) in [6.45, 7) is 5.93. The lowest BCUT2D eigenvalue weighted by Gasteiger charge is -2.23. The number of aryl methyl sites for hydroxylation is 2. The SMILES string of the molecule is Cc1nc(CN(C)[C@H]2CCN(CCc3cnn(C)c3)C2)no1. The zero-order chi connectivity index (χ0) is 15.5. The predicted octanol–water partition coefficient (Wildman–Crippen LogP) is 0.860. The van der Waals surface area contributed by atoms with Crippen LogP contribution in [0.15, 0.2) is 16.9 Å². The molecule has 1 saturated heterocycles. The van der Waals surface area contributed by atoms with Crippen LogP contribution in [0.4, 0.5) is 0 Å². The Morgan fingerprint density at radius 3 is 3.00 bits per heavy atom. The Kier molecular flexibility index (Phi) is 4.54. The van der Waals surface area contributed by atoms with Crippen LogP contribution in [0.5, 0.6) is 0 Å². The lowest BCUT2D eigenvalue weighted by atomic mass is 10.2. The summed E-state index contributed by atoms with van der Waals surface area (Å²) in [5.41, 5.74) is 1.31. The van der Waals surface area contributed by atoms with Gasteiger partial charge in [0.2, 0.25) is 5.89 Å². The van der Waals surface area contributed by atoms with Crippen LogP contribution in [0.3, 0.4) is 0 Å². The average molecular weight is 304 g/mol. The maximum Gasteiger partial charge on any atom is 0.223 e. The highest BCUT2D eigenvalue weighted by Gasteiger charge is 2.26. The molecular weight excluding hydrogens is 280 g/mol. The van der Waals surface area contributed by atoms with Crippen LogP contribution in [0.2, 0.25) is 0 Å². The number of likely N-dealkylation sites (N-methyl/N-ethyl adjacent to an activating group) is 1. The number of likely N-dealkylation sites (tertiary alicyclic amines) is 1. The van der Waals surface area contributed by atoms with Gasteiger partial charge in [0.25, 0.3) is 0 Å². The van der Waals surface area contributed by atoms with Crippen LogP contribution in [0.25, 0.3) is 0 Å². The molecule has 1 aliphatic heterocycles. The lowest BCUT2D eigenvalue weighted by molar-refractivity contribution is 0.218. The third kappa shape index (κ3) is 3.72. The summed E-state index contributed by atoms with van der Waals surface area (Å²) in [7, 11) is 4.10. The van der Waals surface area contributed by atoms with E-state index >= 15 is 0 Å². The van der Waals surface area contributed by atoms with E-state index in [1.54, 1.807) is 0 Å². The number of rotatable bonds is 6. The second-order valence-corrected chi connectivity index (χ2v) is 6.16. The van der Waals surface area contributed by atoms with Gasteiger partial charge in [-0.1, -0.05) is 5.16 Å². The van der Waals surface area contributed by atoms with Crippen molar-refractivity contribution in [2.24, 2.45) is 7.05 Å². The van der Waals surface area contributed by atoms with Gasteiger partial charge >= 0.3 is 0 Å². The van der Waals surface area contributed by atoms with Gasteiger partial charge < -0.3 is 9.42 Å². The van der Waals surface area contributed by atoms with Crippen molar-refractivity contribution in [1.82, 2.24) is 29.7 Å². The molecule has 2 aromatic heterocycles. The average Bonchev–Trinajstić information content (AvgIpc) is 3.18. The molecule has 0 aromatic carbocycles. The Hall–Kier alpha value is -1.73. The highest BCUT2D eigenvalue weighted by atomic mass is 16.5. The fraction of sp³-hybridized carbons (Fsp3) is 0.667. The molecule has 0 bridgehead atoms. The van der Waals surface area contributed by atoms with E-state index in [2.05, 4.69) is 38.3 Å². The summed E-state index contributed by atoms with van der Waals surface area (Å²) < 4.78 is 6.90. The van der Waals surface area contributed by atoms with Gasteiger partial charge in [-0.05, 0) is 32.0 Å². The molecular formula is C15H24N6O. The summed E-state index contributed by atoms with van der Waals surface area (Å²) in [5, 5.41) is 8.19. The first-order valence-corrected chi connectivity index (χ1v) is 7.79. The third-order valence-electron chi connectivity index (χ3n) is 4.31. The molecule has 1 aliphatic rings. The molecule has 0 amide bonds. The molecule has 0 aliphatic carbocycles. The van der Waals surface area contributed by atoms with E-state index in [0.717, 1.165) is 38.4 Å². The molecule has 0 saturated carbocycles. The summed E-state index contributed by atoms with van der Waals surface area (Å²) in [6.07, 6.45) is 6.31. The quantitative estimate of drug-likeness (QED) is 0.789. The number of nitrogens with zero attached hydrogens (tertiary/aromatic N) is 6. The van der Waals surface area contributed by atoms with Crippen molar-refractivity contribution in [3.63, 3.8) is 0 Å². The molecule has 120 valence electrons. The van der Waals surface area contributed by atoms with Gasteiger partial charge in [-0.15, -0.1) is 0 Å². The predicted molar refractivity (Wildman–Crippen MR) is 82.3 cm³/mol. The van der Waals surface area contributed by atoms with Crippen LogP contribution < -0.4 is 0 Å². The Labute approximate surface area is 130 Å². The molecule has 1 atom stereocenters. The van der Waals surface area contributed by atoms with Crippen LogP contribution >= 0.6 is 0 Å². The fourth-order valence-electron chi connectivity index (χ4n) is 3.02. The molecule has 22 heavy (non-hydrogen) atoms. The first-order chi connectivity index (χ1) is 10.6. The fourth-order valence-corrected chi connectivity index (χ4v) is 3.02. The first kappa shape index (κ1) is 15.2. The van der Waals surface area contributed by atoms with E-state index in [0.29, 0.717) is 11.9 Å². The topological polar surface area (TPSA) is 63.2 Å². The minimum absolute atomic E-state index is 0.563. The first-order valence-electron chi connectivity index (χ1n) is 7.79. The maximum atomic E-state index is 5.03. The molecule has 0 spiro atoms. The summed E-state index contributed by atoms with van der Waals surface area (Å²) in [4.78, 5) is 9.13. The molecule has 2 aromatic rings. The van der Waals surface area contributed by atoms with Crippen molar-refractivity contribution < 1.29 is 4.52 Å². The van der Waals surface area contributed by atoms with E-state index in [-0.39, 0.29) is 0 Å². The number of hydrogen-bond acceptors (Lipinski definition) is 6. The van der Waals surface area contributed by atoms with Crippen molar-refractivity contribution in [3.05, 3.63) is 29.7 Å². The van der Waals surface area contributed by atoms with E-state index in [1.807, 2.05) is 24.9 Å². The Morgan fingerprint density at radius 2 is 2.32 bits per heavy atom. The summed E-state index contributed by atoms with van der Waals surface area (Å²) in [5.74, 6) is 1.40. The second-order valence-electron chi connectivity index (χ2n) is 6.16.